The van der Waals surface area contributed by atoms with Gasteiger partial charge in [-0.3, -0.25) is 0 Å². The summed E-state index contributed by atoms with van der Waals surface area (Å²) in [5.74, 6) is 0. The minimum atomic E-state index is 0.690. The fourth-order valence-corrected chi connectivity index (χ4v) is 9.75. The number of benzene rings is 11. The molecule has 12 rings (SSSR count). The van der Waals surface area contributed by atoms with E-state index in [0.717, 1.165) is 17.1 Å². The Morgan fingerprint density at radius 2 is 0.810 bits per heavy atom. The van der Waals surface area contributed by atoms with Gasteiger partial charge in [0.2, 0.25) is 0 Å². The standard InChI is InChI=1S/C61H42N2/c1-2-13-42(14-3-1)43-27-33-50(34-28-43)62(51-35-29-44(30-36-51)47-26-25-46-32-37-55-54-20-7-4-15-45(54)31-38-56(55)59(46)40-47)41-49-16-5-6-19-53(49)48-17-12-18-52(39-48)63-60-23-10-8-21-57(60)58-22-9-11-24-61(58)63/h1-40H,41H2. The van der Waals surface area contributed by atoms with E-state index in [4.69, 9.17) is 0 Å². The van der Waals surface area contributed by atoms with Gasteiger partial charge in [-0.15, -0.1) is 0 Å². The average Bonchev–Trinajstić information content (AvgIpc) is 3.70. The van der Waals surface area contributed by atoms with Crippen LogP contribution in [0, 0.1) is 0 Å². The highest BCUT2D eigenvalue weighted by Crippen LogP contribution is 2.38. The van der Waals surface area contributed by atoms with E-state index in [2.05, 4.69) is 252 Å². The fourth-order valence-electron chi connectivity index (χ4n) is 9.75. The Labute approximate surface area is 367 Å². The molecule has 0 radical (unpaired) electrons. The SMILES string of the molecule is c1ccc(-c2ccc(N(Cc3ccccc3-c3cccc(-n4c5ccccc5c5ccccc54)c3)c3ccc(-c4ccc5ccc6c7ccccc7ccc6c5c4)cc3)cc2)cc1. The molecule has 1 aromatic heterocycles. The maximum Gasteiger partial charge on any atom is 0.0541 e. The van der Waals surface area contributed by atoms with Crippen molar-refractivity contribution in [1.29, 1.82) is 0 Å². The van der Waals surface area contributed by atoms with Crippen LogP contribution in [0.15, 0.2) is 243 Å². The Morgan fingerprint density at radius 1 is 0.302 bits per heavy atom. The third kappa shape index (κ3) is 6.52. The van der Waals surface area contributed by atoms with Crippen LogP contribution in [0.5, 0.6) is 0 Å². The first-order chi connectivity index (χ1) is 31.2. The first kappa shape index (κ1) is 36.6. The Balaban J connectivity index is 0.932. The predicted octanol–water partition coefficient (Wildman–Crippen LogP) is 16.6. The highest BCUT2D eigenvalue weighted by molar-refractivity contribution is 6.17. The molecule has 2 heteroatoms. The van der Waals surface area contributed by atoms with Crippen LogP contribution < -0.4 is 4.90 Å². The molecule has 0 amide bonds. The zero-order valence-electron chi connectivity index (χ0n) is 34.7. The minimum absolute atomic E-state index is 0.690. The van der Waals surface area contributed by atoms with Crippen molar-refractivity contribution in [2.45, 2.75) is 6.54 Å². The van der Waals surface area contributed by atoms with Gasteiger partial charge >= 0.3 is 0 Å². The lowest BCUT2D eigenvalue weighted by atomic mass is 9.94. The number of nitrogens with zero attached hydrogens (tertiary/aromatic N) is 2. The second-order valence-corrected chi connectivity index (χ2v) is 16.5. The molecular formula is C61H42N2. The molecule has 0 bridgehead atoms. The molecule has 0 aliphatic heterocycles. The summed E-state index contributed by atoms with van der Waals surface area (Å²) in [4.78, 5) is 2.45. The van der Waals surface area contributed by atoms with Gasteiger partial charge in [-0.25, -0.2) is 0 Å². The Hall–Kier alpha value is -8.20. The van der Waals surface area contributed by atoms with Crippen LogP contribution in [0.4, 0.5) is 11.4 Å². The van der Waals surface area contributed by atoms with Crippen LogP contribution >= 0.6 is 0 Å². The van der Waals surface area contributed by atoms with Crippen molar-refractivity contribution in [2.24, 2.45) is 0 Å². The summed E-state index contributed by atoms with van der Waals surface area (Å²) < 4.78 is 2.40. The quantitative estimate of drug-likeness (QED) is 0.139. The topological polar surface area (TPSA) is 8.17 Å². The van der Waals surface area contributed by atoms with Crippen LogP contribution in [-0.2, 0) is 6.54 Å². The normalized spacial score (nSPS) is 11.6. The summed E-state index contributed by atoms with van der Waals surface area (Å²) in [5.41, 5.74) is 14.3. The first-order valence-corrected chi connectivity index (χ1v) is 21.8. The molecule has 12 aromatic rings. The monoisotopic (exact) mass is 802 g/mol. The van der Waals surface area contributed by atoms with Crippen molar-refractivity contribution < 1.29 is 0 Å². The van der Waals surface area contributed by atoms with E-state index in [9.17, 15) is 0 Å². The molecule has 0 aliphatic carbocycles. The lowest BCUT2D eigenvalue weighted by Gasteiger charge is -2.27. The zero-order chi connectivity index (χ0) is 41.7. The van der Waals surface area contributed by atoms with Crippen LogP contribution in [0.2, 0.25) is 0 Å². The molecule has 0 atom stereocenters. The van der Waals surface area contributed by atoms with Gasteiger partial charge in [-0.05, 0) is 126 Å². The number of aromatic nitrogens is 1. The molecule has 0 saturated carbocycles. The predicted molar refractivity (Wildman–Crippen MR) is 268 cm³/mol. The molecule has 1 heterocycles. The van der Waals surface area contributed by atoms with Crippen molar-refractivity contribution in [3.63, 3.8) is 0 Å². The Bertz CT molecular complexity index is 3580. The lowest BCUT2D eigenvalue weighted by Crippen LogP contribution is -2.17. The molecule has 0 fully saturated rings. The van der Waals surface area contributed by atoms with Crippen LogP contribution in [0.1, 0.15) is 5.56 Å². The summed E-state index contributed by atoms with van der Waals surface area (Å²) in [5, 5.41) is 10.2. The van der Waals surface area contributed by atoms with Gasteiger partial charge in [0.05, 0.1) is 11.0 Å². The van der Waals surface area contributed by atoms with E-state index in [1.807, 2.05) is 0 Å². The maximum absolute atomic E-state index is 2.45. The van der Waals surface area contributed by atoms with Crippen LogP contribution in [-0.4, -0.2) is 4.57 Å². The van der Waals surface area contributed by atoms with Crippen molar-refractivity contribution in [2.75, 3.05) is 4.90 Å². The summed E-state index contributed by atoms with van der Waals surface area (Å²) in [7, 11) is 0. The summed E-state index contributed by atoms with van der Waals surface area (Å²) in [6.45, 7) is 0.690. The highest BCUT2D eigenvalue weighted by atomic mass is 15.1. The largest absolute Gasteiger partial charge is 0.337 e. The van der Waals surface area contributed by atoms with Gasteiger partial charge < -0.3 is 9.47 Å². The Kier molecular flexibility index (Phi) is 8.93. The zero-order valence-corrected chi connectivity index (χ0v) is 34.7. The van der Waals surface area contributed by atoms with E-state index in [1.165, 1.54) is 93.1 Å². The molecular weight excluding hydrogens is 761 g/mol. The molecule has 0 spiro atoms. The first-order valence-electron chi connectivity index (χ1n) is 21.8. The number of rotatable bonds is 8. The second kappa shape index (κ2) is 15.4. The highest BCUT2D eigenvalue weighted by Gasteiger charge is 2.17. The minimum Gasteiger partial charge on any atom is -0.337 e. The van der Waals surface area contributed by atoms with E-state index >= 15 is 0 Å². The van der Waals surface area contributed by atoms with E-state index in [1.54, 1.807) is 0 Å². The van der Waals surface area contributed by atoms with E-state index in [0.29, 0.717) is 6.54 Å². The molecule has 296 valence electrons. The molecule has 0 N–H and O–H groups in total. The molecule has 0 saturated heterocycles. The fraction of sp³-hybridized carbons (Fsp3) is 0.0164. The average molecular weight is 803 g/mol. The number of fused-ring (bicyclic) bond motifs is 8. The van der Waals surface area contributed by atoms with Crippen LogP contribution in [0.3, 0.4) is 0 Å². The van der Waals surface area contributed by atoms with Gasteiger partial charge in [0, 0.05) is 34.4 Å². The summed E-state index contributed by atoms with van der Waals surface area (Å²) in [6.07, 6.45) is 0. The molecule has 2 nitrogen and oxygen atoms in total. The maximum atomic E-state index is 2.45. The molecule has 63 heavy (non-hydrogen) atoms. The van der Waals surface area contributed by atoms with Gasteiger partial charge in [0.15, 0.2) is 0 Å². The number of anilines is 2. The van der Waals surface area contributed by atoms with Crippen molar-refractivity contribution in [3.05, 3.63) is 248 Å². The van der Waals surface area contributed by atoms with Crippen molar-refractivity contribution in [1.82, 2.24) is 4.57 Å². The number of hydrogen-bond donors (Lipinski definition) is 0. The second-order valence-electron chi connectivity index (χ2n) is 16.5. The van der Waals surface area contributed by atoms with E-state index in [-0.39, 0.29) is 0 Å². The van der Waals surface area contributed by atoms with Crippen molar-refractivity contribution >= 4 is 65.5 Å². The Morgan fingerprint density at radius 3 is 1.52 bits per heavy atom. The summed E-state index contributed by atoms with van der Waals surface area (Å²) >= 11 is 0. The third-order valence-corrected chi connectivity index (χ3v) is 12.9. The van der Waals surface area contributed by atoms with Crippen LogP contribution in [0.25, 0.3) is 93.2 Å². The summed E-state index contributed by atoms with van der Waals surface area (Å²) in [6, 6.07) is 88.8. The molecule has 11 aromatic carbocycles. The smallest absolute Gasteiger partial charge is 0.0541 e. The van der Waals surface area contributed by atoms with E-state index < -0.39 is 0 Å². The van der Waals surface area contributed by atoms with Gasteiger partial charge in [-0.2, -0.15) is 0 Å². The number of para-hydroxylation sites is 2. The molecule has 0 unspecified atom stereocenters. The number of hydrogen-bond acceptors (Lipinski definition) is 1. The molecule has 0 aliphatic rings. The van der Waals surface area contributed by atoms with Gasteiger partial charge in [0.1, 0.15) is 0 Å². The third-order valence-electron chi connectivity index (χ3n) is 12.9. The van der Waals surface area contributed by atoms with Gasteiger partial charge in [-0.1, -0.05) is 188 Å². The lowest BCUT2D eigenvalue weighted by molar-refractivity contribution is 0.977. The van der Waals surface area contributed by atoms with Crippen molar-refractivity contribution in [3.8, 4) is 39.1 Å². The van der Waals surface area contributed by atoms with Gasteiger partial charge in [0.25, 0.3) is 0 Å².